The lowest BCUT2D eigenvalue weighted by molar-refractivity contribution is 0.768. The standard InChI is InChI=1S/C53H34N2S/c1-3-15-36(16-4-1)52-54-48(34-49(55-52)45-25-14-24-44-43-23-9-12-28-50(43)56-51(44)45)38-18-13-17-37(33-38)35-29-31-40(32-30-35)53(39-19-5-2-6-20-39)46-26-10-7-21-41(46)42-22-8-11-27-47(42)53/h1-34H. The fourth-order valence-electron chi connectivity index (χ4n) is 8.88. The number of aromatic nitrogens is 2. The van der Waals surface area contributed by atoms with Gasteiger partial charge in [-0.05, 0) is 62.7 Å². The molecule has 1 aliphatic rings. The minimum Gasteiger partial charge on any atom is -0.228 e. The predicted octanol–water partition coefficient (Wildman–Crippen LogP) is 13.9. The average molecular weight is 731 g/mol. The average Bonchev–Trinajstić information content (AvgIpc) is 3.81. The van der Waals surface area contributed by atoms with E-state index < -0.39 is 5.41 Å². The van der Waals surface area contributed by atoms with Crippen molar-refractivity contribution in [3.63, 3.8) is 0 Å². The van der Waals surface area contributed by atoms with Crippen LogP contribution in [0.3, 0.4) is 0 Å². The number of fused-ring (bicyclic) bond motifs is 6. The highest BCUT2D eigenvalue weighted by molar-refractivity contribution is 7.26. The van der Waals surface area contributed by atoms with Crippen molar-refractivity contribution in [2.45, 2.75) is 5.41 Å². The van der Waals surface area contributed by atoms with E-state index in [1.807, 2.05) is 29.5 Å². The van der Waals surface area contributed by atoms with E-state index in [4.69, 9.17) is 9.97 Å². The Hall–Kier alpha value is -6.94. The minimum atomic E-state index is -0.419. The molecule has 8 aromatic carbocycles. The first kappa shape index (κ1) is 32.5. The van der Waals surface area contributed by atoms with Gasteiger partial charge in [-0.25, -0.2) is 9.97 Å². The monoisotopic (exact) mass is 730 g/mol. The van der Waals surface area contributed by atoms with Crippen LogP contribution < -0.4 is 0 Å². The van der Waals surface area contributed by atoms with Gasteiger partial charge in [-0.1, -0.05) is 188 Å². The summed E-state index contributed by atoms with van der Waals surface area (Å²) in [6.45, 7) is 0. The van der Waals surface area contributed by atoms with Crippen LogP contribution in [0.5, 0.6) is 0 Å². The Bertz CT molecular complexity index is 3030. The smallest absolute Gasteiger partial charge is 0.160 e. The molecule has 2 heterocycles. The summed E-state index contributed by atoms with van der Waals surface area (Å²) in [6.07, 6.45) is 0. The molecule has 2 nitrogen and oxygen atoms in total. The second-order valence-electron chi connectivity index (χ2n) is 14.5. The van der Waals surface area contributed by atoms with Gasteiger partial charge in [-0.3, -0.25) is 0 Å². The lowest BCUT2D eigenvalue weighted by atomic mass is 9.67. The predicted molar refractivity (Wildman–Crippen MR) is 234 cm³/mol. The van der Waals surface area contributed by atoms with Crippen LogP contribution in [0.4, 0.5) is 0 Å². The van der Waals surface area contributed by atoms with E-state index in [-0.39, 0.29) is 0 Å². The Morgan fingerprint density at radius 2 is 0.911 bits per heavy atom. The SMILES string of the molecule is c1ccc(-c2nc(-c3cccc(-c4ccc(C5(c6ccccc6)c6ccccc6-c6ccccc65)cc4)c3)cc(-c3cccc4c3sc3ccccc34)n2)cc1. The molecule has 0 N–H and O–H groups in total. The molecule has 0 fully saturated rings. The maximum atomic E-state index is 5.21. The zero-order valence-electron chi connectivity index (χ0n) is 30.4. The molecule has 11 rings (SSSR count). The summed E-state index contributed by atoms with van der Waals surface area (Å²) >= 11 is 1.83. The van der Waals surface area contributed by atoms with Gasteiger partial charge in [0.25, 0.3) is 0 Å². The summed E-state index contributed by atoms with van der Waals surface area (Å²) in [5, 5.41) is 2.54. The lowest BCUT2D eigenvalue weighted by Gasteiger charge is -2.34. The number of hydrogen-bond acceptors (Lipinski definition) is 3. The van der Waals surface area contributed by atoms with Gasteiger partial charge in [0.1, 0.15) is 0 Å². The zero-order valence-corrected chi connectivity index (χ0v) is 31.2. The molecule has 0 atom stereocenters. The maximum absolute atomic E-state index is 5.21. The van der Waals surface area contributed by atoms with Crippen LogP contribution in [0.1, 0.15) is 22.3 Å². The molecule has 0 spiro atoms. The molecule has 1 aliphatic carbocycles. The van der Waals surface area contributed by atoms with Crippen molar-refractivity contribution in [2.75, 3.05) is 0 Å². The quantitative estimate of drug-likeness (QED) is 0.170. The lowest BCUT2D eigenvalue weighted by Crippen LogP contribution is -2.28. The van der Waals surface area contributed by atoms with Crippen LogP contribution in [-0.2, 0) is 5.41 Å². The number of rotatable bonds is 6. The highest BCUT2D eigenvalue weighted by Gasteiger charge is 2.45. The first-order valence-electron chi connectivity index (χ1n) is 19.1. The maximum Gasteiger partial charge on any atom is 0.160 e. The van der Waals surface area contributed by atoms with Crippen molar-refractivity contribution in [1.82, 2.24) is 9.97 Å². The zero-order chi connectivity index (χ0) is 37.1. The first-order valence-corrected chi connectivity index (χ1v) is 19.9. The molecule has 10 aromatic rings. The van der Waals surface area contributed by atoms with Crippen molar-refractivity contribution in [3.8, 4) is 56.2 Å². The molecule has 2 aromatic heterocycles. The van der Waals surface area contributed by atoms with E-state index >= 15 is 0 Å². The van der Waals surface area contributed by atoms with E-state index in [1.165, 1.54) is 53.6 Å². The van der Waals surface area contributed by atoms with Gasteiger partial charge in [0.2, 0.25) is 0 Å². The Labute approximate surface area is 330 Å². The Morgan fingerprint density at radius 1 is 0.357 bits per heavy atom. The molecule has 0 aliphatic heterocycles. The molecular weight excluding hydrogens is 697 g/mol. The highest BCUT2D eigenvalue weighted by atomic mass is 32.1. The van der Waals surface area contributed by atoms with Crippen molar-refractivity contribution >= 4 is 31.5 Å². The summed E-state index contributed by atoms with van der Waals surface area (Å²) in [5.74, 6) is 0.717. The molecule has 0 amide bonds. The van der Waals surface area contributed by atoms with Crippen LogP contribution in [0.15, 0.2) is 206 Å². The summed E-state index contributed by atoms with van der Waals surface area (Å²) in [5.41, 5.74) is 14.6. The topological polar surface area (TPSA) is 25.8 Å². The van der Waals surface area contributed by atoms with Crippen LogP contribution in [0.25, 0.3) is 76.3 Å². The number of nitrogens with zero attached hydrogens (tertiary/aromatic N) is 2. The molecule has 262 valence electrons. The van der Waals surface area contributed by atoms with Gasteiger partial charge in [0, 0.05) is 36.9 Å². The largest absolute Gasteiger partial charge is 0.228 e. The third kappa shape index (κ3) is 5.09. The Balaban J connectivity index is 1.03. The minimum absolute atomic E-state index is 0.419. The molecule has 0 bridgehead atoms. The number of thiophene rings is 1. The summed E-state index contributed by atoms with van der Waals surface area (Å²) in [4.78, 5) is 10.4. The highest BCUT2D eigenvalue weighted by Crippen LogP contribution is 2.56. The van der Waals surface area contributed by atoms with E-state index in [9.17, 15) is 0 Å². The van der Waals surface area contributed by atoms with Gasteiger partial charge >= 0.3 is 0 Å². The first-order chi connectivity index (χ1) is 27.8. The van der Waals surface area contributed by atoms with Gasteiger partial charge in [0.05, 0.1) is 16.8 Å². The van der Waals surface area contributed by atoms with E-state index in [0.717, 1.165) is 39.2 Å². The second kappa shape index (κ2) is 13.1. The molecule has 0 saturated heterocycles. The summed E-state index contributed by atoms with van der Waals surface area (Å²) in [7, 11) is 0. The van der Waals surface area contributed by atoms with Crippen LogP contribution in [0, 0.1) is 0 Å². The summed E-state index contributed by atoms with van der Waals surface area (Å²) in [6, 6.07) is 74.4. The van der Waals surface area contributed by atoms with E-state index in [2.05, 4.69) is 188 Å². The van der Waals surface area contributed by atoms with Crippen LogP contribution in [0.2, 0.25) is 0 Å². The second-order valence-corrected chi connectivity index (χ2v) is 15.5. The molecule has 56 heavy (non-hydrogen) atoms. The fraction of sp³-hybridized carbons (Fsp3) is 0.0189. The Kier molecular flexibility index (Phi) is 7.61. The number of hydrogen-bond donors (Lipinski definition) is 0. The summed E-state index contributed by atoms with van der Waals surface area (Å²) < 4.78 is 2.52. The molecule has 0 unspecified atom stereocenters. The van der Waals surface area contributed by atoms with Gasteiger partial charge in [-0.2, -0.15) is 0 Å². The fourth-order valence-corrected chi connectivity index (χ4v) is 10.1. The third-order valence-corrected chi connectivity index (χ3v) is 12.6. The van der Waals surface area contributed by atoms with Crippen molar-refractivity contribution in [2.24, 2.45) is 0 Å². The number of benzene rings is 8. The van der Waals surface area contributed by atoms with Crippen molar-refractivity contribution in [3.05, 3.63) is 229 Å². The van der Waals surface area contributed by atoms with Gasteiger partial charge in [0.15, 0.2) is 5.82 Å². The van der Waals surface area contributed by atoms with E-state index in [1.54, 1.807) is 0 Å². The third-order valence-electron chi connectivity index (χ3n) is 11.4. The van der Waals surface area contributed by atoms with Crippen molar-refractivity contribution in [1.29, 1.82) is 0 Å². The van der Waals surface area contributed by atoms with Gasteiger partial charge in [-0.15, -0.1) is 11.3 Å². The van der Waals surface area contributed by atoms with Crippen LogP contribution in [-0.4, -0.2) is 9.97 Å². The van der Waals surface area contributed by atoms with Crippen LogP contribution >= 0.6 is 11.3 Å². The molecular formula is C53H34N2S. The Morgan fingerprint density at radius 3 is 1.68 bits per heavy atom. The normalized spacial score (nSPS) is 12.8. The molecule has 0 radical (unpaired) electrons. The molecule has 3 heteroatoms. The van der Waals surface area contributed by atoms with E-state index in [0.29, 0.717) is 5.82 Å². The molecule has 0 saturated carbocycles. The van der Waals surface area contributed by atoms with Crippen molar-refractivity contribution < 1.29 is 0 Å². The van der Waals surface area contributed by atoms with Gasteiger partial charge < -0.3 is 0 Å².